The molecule has 1 saturated heterocycles. The van der Waals surface area contributed by atoms with Gasteiger partial charge in [0.2, 0.25) is 0 Å². The first-order valence-electron chi connectivity index (χ1n) is 7.42. The van der Waals surface area contributed by atoms with Crippen molar-refractivity contribution in [1.82, 2.24) is 4.90 Å². The number of benzene rings is 1. The summed E-state index contributed by atoms with van der Waals surface area (Å²) in [6, 6.07) is 6.44. The third kappa shape index (κ3) is 3.53. The van der Waals surface area contributed by atoms with Crippen molar-refractivity contribution >= 4 is 11.7 Å². The average molecular weight is 294 g/mol. The minimum Gasteiger partial charge on any atom is -0.464 e. The second-order valence-corrected chi connectivity index (χ2v) is 5.75. The van der Waals surface area contributed by atoms with Crippen LogP contribution in [0.15, 0.2) is 24.3 Å². The lowest BCUT2D eigenvalue weighted by Crippen LogP contribution is -2.50. The summed E-state index contributed by atoms with van der Waals surface area (Å²) in [4.78, 5) is 14.7. The van der Waals surface area contributed by atoms with E-state index in [0.717, 1.165) is 12.2 Å². The molecule has 0 aromatic heterocycles. The highest BCUT2D eigenvalue weighted by Gasteiger charge is 2.46. The average Bonchev–Trinajstić information content (AvgIpc) is 2.87. The third-order valence-electron chi connectivity index (χ3n) is 3.92. The Hall–Kier alpha value is -1.62. The molecule has 1 aliphatic heterocycles. The smallest absolute Gasteiger partial charge is 0.333 e. The number of nitrogens with zero attached hydrogens (tertiary/aromatic N) is 1. The molecule has 1 aliphatic rings. The molecule has 1 heterocycles. The predicted molar refractivity (Wildman–Crippen MR) is 80.7 cm³/mol. The number of anilines is 1. The van der Waals surface area contributed by atoms with Gasteiger partial charge in [-0.05, 0) is 51.5 Å². The number of halogens is 1. The van der Waals surface area contributed by atoms with Crippen molar-refractivity contribution in [3.05, 3.63) is 30.1 Å². The Bertz CT molecular complexity index is 490. The maximum atomic E-state index is 13.0. The van der Waals surface area contributed by atoms with E-state index >= 15 is 0 Å². The SMILES string of the molecule is CCOC(=O)C1(Nc2ccc(F)cc2)CCN(C(C)C)C1. The maximum absolute atomic E-state index is 13.0. The minimum absolute atomic E-state index is 0.238. The number of ether oxygens (including phenoxy) is 1. The predicted octanol–water partition coefficient (Wildman–Crippen LogP) is 2.65. The topological polar surface area (TPSA) is 41.6 Å². The molecule has 5 heteroatoms. The highest BCUT2D eigenvalue weighted by atomic mass is 19.1. The van der Waals surface area contributed by atoms with Crippen molar-refractivity contribution in [2.75, 3.05) is 25.0 Å². The molecule has 4 nitrogen and oxygen atoms in total. The molecule has 0 bridgehead atoms. The highest BCUT2D eigenvalue weighted by molar-refractivity contribution is 5.85. The quantitative estimate of drug-likeness (QED) is 0.848. The van der Waals surface area contributed by atoms with E-state index in [0.29, 0.717) is 25.6 Å². The normalized spacial score (nSPS) is 22.5. The molecule has 116 valence electrons. The molecule has 1 aromatic rings. The Kier molecular flexibility index (Phi) is 4.83. The molecule has 1 aromatic carbocycles. The second-order valence-electron chi connectivity index (χ2n) is 5.75. The summed E-state index contributed by atoms with van der Waals surface area (Å²) in [6.45, 7) is 7.82. The number of hydrogen-bond acceptors (Lipinski definition) is 4. The number of hydrogen-bond donors (Lipinski definition) is 1. The number of carbonyl (C=O) groups is 1. The fourth-order valence-corrected chi connectivity index (χ4v) is 2.68. The molecule has 0 saturated carbocycles. The van der Waals surface area contributed by atoms with Gasteiger partial charge >= 0.3 is 5.97 Å². The van der Waals surface area contributed by atoms with Gasteiger partial charge in [-0.15, -0.1) is 0 Å². The Morgan fingerprint density at radius 2 is 2.10 bits per heavy atom. The second kappa shape index (κ2) is 6.43. The molecule has 2 rings (SSSR count). The summed E-state index contributed by atoms with van der Waals surface area (Å²) in [5.74, 6) is -0.529. The zero-order valence-corrected chi connectivity index (χ0v) is 12.9. The molecule has 0 amide bonds. The maximum Gasteiger partial charge on any atom is 0.333 e. The van der Waals surface area contributed by atoms with Gasteiger partial charge in [0.1, 0.15) is 11.4 Å². The van der Waals surface area contributed by atoms with Gasteiger partial charge < -0.3 is 10.1 Å². The minimum atomic E-state index is -0.752. The van der Waals surface area contributed by atoms with Gasteiger partial charge in [0.25, 0.3) is 0 Å². The van der Waals surface area contributed by atoms with Crippen LogP contribution in [0.25, 0.3) is 0 Å². The summed E-state index contributed by atoms with van der Waals surface area (Å²) >= 11 is 0. The van der Waals surface area contributed by atoms with Crippen molar-refractivity contribution in [2.45, 2.75) is 38.8 Å². The molecule has 1 atom stereocenters. The van der Waals surface area contributed by atoms with Crippen LogP contribution in [-0.2, 0) is 9.53 Å². The summed E-state index contributed by atoms with van der Waals surface area (Å²) in [7, 11) is 0. The number of likely N-dealkylation sites (tertiary alicyclic amines) is 1. The summed E-state index contributed by atoms with van der Waals surface area (Å²) in [5.41, 5.74) is -0.0203. The van der Waals surface area contributed by atoms with E-state index in [9.17, 15) is 9.18 Å². The monoisotopic (exact) mass is 294 g/mol. The molecular formula is C16H23FN2O2. The van der Waals surface area contributed by atoms with E-state index < -0.39 is 5.54 Å². The Morgan fingerprint density at radius 3 is 2.62 bits per heavy atom. The van der Waals surface area contributed by atoms with E-state index in [2.05, 4.69) is 24.1 Å². The van der Waals surface area contributed by atoms with E-state index in [1.54, 1.807) is 19.1 Å². The lowest BCUT2D eigenvalue weighted by molar-refractivity contribution is -0.148. The highest BCUT2D eigenvalue weighted by Crippen LogP contribution is 2.29. The van der Waals surface area contributed by atoms with Gasteiger partial charge in [-0.1, -0.05) is 0 Å². The van der Waals surface area contributed by atoms with Crippen LogP contribution in [0.2, 0.25) is 0 Å². The van der Waals surface area contributed by atoms with Crippen molar-refractivity contribution in [1.29, 1.82) is 0 Å². The van der Waals surface area contributed by atoms with Crippen LogP contribution in [0.5, 0.6) is 0 Å². The standard InChI is InChI=1S/C16H23FN2O2/c1-4-21-15(20)16(9-10-19(11-16)12(2)3)18-14-7-5-13(17)6-8-14/h5-8,12,18H,4,9-11H2,1-3H3. The van der Waals surface area contributed by atoms with Crippen LogP contribution in [-0.4, -0.2) is 42.1 Å². The van der Waals surface area contributed by atoms with E-state index in [4.69, 9.17) is 4.74 Å². The molecule has 0 spiro atoms. The number of carbonyl (C=O) groups excluding carboxylic acids is 1. The van der Waals surface area contributed by atoms with Gasteiger partial charge in [-0.25, -0.2) is 9.18 Å². The van der Waals surface area contributed by atoms with Crippen molar-refractivity contribution in [2.24, 2.45) is 0 Å². The lowest BCUT2D eigenvalue weighted by Gasteiger charge is -2.30. The van der Waals surface area contributed by atoms with E-state index in [1.807, 2.05) is 0 Å². The van der Waals surface area contributed by atoms with Gasteiger partial charge in [0, 0.05) is 24.8 Å². The van der Waals surface area contributed by atoms with Gasteiger partial charge in [0.05, 0.1) is 6.61 Å². The van der Waals surface area contributed by atoms with Gasteiger partial charge in [-0.3, -0.25) is 4.90 Å². The van der Waals surface area contributed by atoms with E-state index in [1.165, 1.54) is 12.1 Å². The van der Waals surface area contributed by atoms with Gasteiger partial charge in [0.15, 0.2) is 0 Å². The lowest BCUT2D eigenvalue weighted by atomic mass is 9.98. The molecule has 1 fully saturated rings. The Morgan fingerprint density at radius 1 is 1.43 bits per heavy atom. The van der Waals surface area contributed by atoms with Crippen LogP contribution < -0.4 is 5.32 Å². The Labute approximate surface area is 125 Å². The van der Waals surface area contributed by atoms with Crippen LogP contribution in [0.3, 0.4) is 0 Å². The fraction of sp³-hybridized carbons (Fsp3) is 0.562. The van der Waals surface area contributed by atoms with Crippen LogP contribution in [0.1, 0.15) is 27.2 Å². The summed E-state index contributed by atoms with van der Waals surface area (Å²) in [5, 5.41) is 3.27. The molecule has 21 heavy (non-hydrogen) atoms. The van der Waals surface area contributed by atoms with Crippen molar-refractivity contribution < 1.29 is 13.9 Å². The van der Waals surface area contributed by atoms with Crippen molar-refractivity contribution in [3.8, 4) is 0 Å². The number of nitrogens with one attached hydrogen (secondary N) is 1. The molecular weight excluding hydrogens is 271 g/mol. The fourth-order valence-electron chi connectivity index (χ4n) is 2.68. The first-order valence-corrected chi connectivity index (χ1v) is 7.42. The third-order valence-corrected chi connectivity index (χ3v) is 3.92. The van der Waals surface area contributed by atoms with Gasteiger partial charge in [-0.2, -0.15) is 0 Å². The number of rotatable bonds is 5. The molecule has 1 unspecified atom stereocenters. The van der Waals surface area contributed by atoms with Crippen LogP contribution >= 0.6 is 0 Å². The van der Waals surface area contributed by atoms with Crippen LogP contribution in [0.4, 0.5) is 10.1 Å². The zero-order chi connectivity index (χ0) is 15.5. The van der Waals surface area contributed by atoms with E-state index in [-0.39, 0.29) is 11.8 Å². The summed E-state index contributed by atoms with van der Waals surface area (Å²) < 4.78 is 18.3. The zero-order valence-electron chi connectivity index (χ0n) is 12.9. The largest absolute Gasteiger partial charge is 0.464 e. The molecule has 0 aliphatic carbocycles. The first-order chi connectivity index (χ1) is 9.97. The summed E-state index contributed by atoms with van der Waals surface area (Å²) in [6.07, 6.45) is 0.682. The van der Waals surface area contributed by atoms with Crippen LogP contribution in [0, 0.1) is 5.82 Å². The molecule has 1 N–H and O–H groups in total. The number of esters is 1. The Balaban J connectivity index is 2.20. The van der Waals surface area contributed by atoms with Crippen molar-refractivity contribution in [3.63, 3.8) is 0 Å². The first kappa shape index (κ1) is 15.8. The molecule has 0 radical (unpaired) electrons.